The molecule has 1 aromatic heterocycles. The van der Waals surface area contributed by atoms with E-state index in [1.165, 1.54) is 27.8 Å². The zero-order chi connectivity index (χ0) is 19.1. The number of benzene rings is 3. The number of rotatable bonds is 3. The van der Waals surface area contributed by atoms with Gasteiger partial charge >= 0.3 is 0 Å². The van der Waals surface area contributed by atoms with Gasteiger partial charge in [-0.25, -0.2) is 4.39 Å². The summed E-state index contributed by atoms with van der Waals surface area (Å²) in [5, 5.41) is 0. The maximum absolute atomic E-state index is 13.6. The van der Waals surface area contributed by atoms with Crippen molar-refractivity contribution >= 4 is 0 Å². The third kappa shape index (κ3) is 2.82. The molecule has 2 heterocycles. The van der Waals surface area contributed by atoms with E-state index in [0.29, 0.717) is 0 Å². The van der Waals surface area contributed by atoms with Crippen molar-refractivity contribution in [3.63, 3.8) is 0 Å². The molecule has 0 amide bonds. The average molecular weight is 366 g/mol. The summed E-state index contributed by atoms with van der Waals surface area (Å²) >= 11 is 0. The van der Waals surface area contributed by atoms with Crippen LogP contribution in [0, 0.1) is 5.82 Å². The van der Waals surface area contributed by atoms with Gasteiger partial charge in [-0.3, -0.25) is 0 Å². The van der Waals surface area contributed by atoms with Gasteiger partial charge in [0, 0.05) is 17.2 Å². The Kier molecular flexibility index (Phi) is 4.05. The molecule has 0 spiro atoms. The Hall–Kier alpha value is -3.26. The molecule has 5 rings (SSSR count). The maximum Gasteiger partial charge on any atom is 0.213 e. The second-order valence-corrected chi connectivity index (χ2v) is 7.32. The number of hydrogen-bond acceptors (Lipinski definition) is 0. The fraction of sp³-hybridized carbons (Fsp3) is 0.115. The van der Waals surface area contributed by atoms with Gasteiger partial charge in [0.15, 0.2) is 12.7 Å². The quantitative estimate of drug-likeness (QED) is 0.343. The van der Waals surface area contributed by atoms with Gasteiger partial charge < -0.3 is 0 Å². The van der Waals surface area contributed by atoms with E-state index in [1.54, 1.807) is 12.1 Å². The number of aromatic nitrogens is 1. The zero-order valence-corrected chi connectivity index (χ0v) is 15.8. The molecule has 2 heteroatoms. The van der Waals surface area contributed by atoms with Crippen molar-refractivity contribution < 1.29 is 8.96 Å². The number of hydrogen-bond donors (Lipinski definition) is 0. The van der Waals surface area contributed by atoms with E-state index >= 15 is 0 Å². The molecule has 136 valence electrons. The van der Waals surface area contributed by atoms with Gasteiger partial charge in [0.1, 0.15) is 5.82 Å². The first-order valence-corrected chi connectivity index (χ1v) is 9.74. The van der Waals surface area contributed by atoms with Crippen LogP contribution in [0.1, 0.15) is 18.1 Å². The van der Waals surface area contributed by atoms with Crippen LogP contribution < -0.4 is 4.57 Å². The van der Waals surface area contributed by atoms with Crippen LogP contribution >= 0.6 is 0 Å². The molecule has 1 aliphatic rings. The molecular formula is C26H21FN+. The summed E-state index contributed by atoms with van der Waals surface area (Å²) in [6.45, 7) is 2.93. The number of fused-ring (bicyclic) bond motifs is 3. The normalized spacial score (nSPS) is 11.9. The number of aryl methyl sites for hydroxylation is 1. The lowest BCUT2D eigenvalue weighted by Gasteiger charge is -2.09. The molecule has 3 aromatic carbocycles. The van der Waals surface area contributed by atoms with Gasteiger partial charge in [-0.2, -0.15) is 4.57 Å². The van der Waals surface area contributed by atoms with Gasteiger partial charge in [-0.15, -0.1) is 0 Å². The number of nitrogens with zero attached hydrogens (tertiary/aromatic N) is 1. The molecule has 1 nitrogen and oxygen atoms in total. The van der Waals surface area contributed by atoms with Crippen molar-refractivity contribution in [3.8, 4) is 33.5 Å². The van der Waals surface area contributed by atoms with E-state index in [0.717, 1.165) is 29.8 Å². The summed E-state index contributed by atoms with van der Waals surface area (Å²) in [5.41, 5.74) is 9.58. The summed E-state index contributed by atoms with van der Waals surface area (Å²) in [6.07, 6.45) is 3.19. The van der Waals surface area contributed by atoms with E-state index in [9.17, 15) is 4.39 Å². The first kappa shape index (κ1) is 16.9. The third-order valence-electron chi connectivity index (χ3n) is 5.62. The first-order valence-electron chi connectivity index (χ1n) is 9.74. The first-order chi connectivity index (χ1) is 13.7. The molecule has 0 N–H and O–H groups in total. The minimum Gasteiger partial charge on any atom is -0.207 e. The van der Waals surface area contributed by atoms with Crippen molar-refractivity contribution in [1.29, 1.82) is 0 Å². The second kappa shape index (κ2) is 6.72. The highest BCUT2D eigenvalue weighted by Gasteiger charge is 2.28. The van der Waals surface area contributed by atoms with Gasteiger partial charge in [-0.1, -0.05) is 61.5 Å². The Labute approximate surface area is 164 Å². The minimum absolute atomic E-state index is 0.167. The maximum atomic E-state index is 13.6. The SMILES string of the molecule is CCc1c[n+]2c(cc1-c1ccc(-c3ccccc3)cc1)-c1ccc(F)cc1C2. The summed E-state index contributed by atoms with van der Waals surface area (Å²) in [5.74, 6) is -0.167. The molecule has 0 atom stereocenters. The van der Waals surface area contributed by atoms with Crippen LogP contribution in [0.5, 0.6) is 0 Å². The van der Waals surface area contributed by atoms with E-state index in [-0.39, 0.29) is 5.82 Å². The minimum atomic E-state index is -0.167. The summed E-state index contributed by atoms with van der Waals surface area (Å²) in [4.78, 5) is 0. The van der Waals surface area contributed by atoms with Crippen LogP contribution in [0.2, 0.25) is 0 Å². The Balaban J connectivity index is 1.59. The highest BCUT2D eigenvalue weighted by atomic mass is 19.1. The van der Waals surface area contributed by atoms with Crippen LogP contribution in [-0.2, 0) is 13.0 Å². The topological polar surface area (TPSA) is 3.88 Å². The summed E-state index contributed by atoms with van der Waals surface area (Å²) in [6, 6.07) is 26.6. The molecule has 1 aliphatic heterocycles. The van der Waals surface area contributed by atoms with Crippen LogP contribution in [0.3, 0.4) is 0 Å². The van der Waals surface area contributed by atoms with Crippen molar-refractivity contribution in [1.82, 2.24) is 0 Å². The number of pyridine rings is 1. The molecule has 4 aromatic rings. The predicted octanol–water partition coefficient (Wildman–Crippen LogP) is 6.04. The van der Waals surface area contributed by atoms with E-state index in [4.69, 9.17) is 0 Å². The number of halogens is 1. The average Bonchev–Trinajstić information content (AvgIpc) is 3.09. The molecule has 0 unspecified atom stereocenters. The molecule has 0 saturated heterocycles. The van der Waals surface area contributed by atoms with Crippen LogP contribution in [0.25, 0.3) is 33.5 Å². The Bertz CT molecular complexity index is 1160. The lowest BCUT2D eigenvalue weighted by Crippen LogP contribution is -2.32. The second-order valence-electron chi connectivity index (χ2n) is 7.32. The van der Waals surface area contributed by atoms with E-state index in [1.807, 2.05) is 12.1 Å². The molecule has 28 heavy (non-hydrogen) atoms. The highest BCUT2D eigenvalue weighted by Crippen LogP contribution is 2.33. The fourth-order valence-corrected chi connectivity index (χ4v) is 4.15. The van der Waals surface area contributed by atoms with Crippen molar-refractivity contribution in [2.24, 2.45) is 0 Å². The van der Waals surface area contributed by atoms with Crippen molar-refractivity contribution in [2.45, 2.75) is 19.9 Å². The van der Waals surface area contributed by atoms with Crippen LogP contribution in [0.4, 0.5) is 4.39 Å². The largest absolute Gasteiger partial charge is 0.213 e. The smallest absolute Gasteiger partial charge is 0.207 e. The van der Waals surface area contributed by atoms with Gasteiger partial charge in [0.25, 0.3) is 0 Å². The van der Waals surface area contributed by atoms with Crippen LogP contribution in [-0.4, -0.2) is 0 Å². The third-order valence-corrected chi connectivity index (χ3v) is 5.62. The molecule has 0 aliphatic carbocycles. The lowest BCUT2D eigenvalue weighted by atomic mass is 9.95. The Morgan fingerprint density at radius 2 is 1.50 bits per heavy atom. The van der Waals surface area contributed by atoms with Crippen molar-refractivity contribution in [3.05, 3.63) is 102 Å². The lowest BCUT2D eigenvalue weighted by molar-refractivity contribution is -0.672. The van der Waals surface area contributed by atoms with Crippen molar-refractivity contribution in [2.75, 3.05) is 0 Å². The van der Waals surface area contributed by atoms with Crippen LogP contribution in [0.15, 0.2) is 85.1 Å². The van der Waals surface area contributed by atoms with E-state index < -0.39 is 0 Å². The predicted molar refractivity (Wildman–Crippen MR) is 111 cm³/mol. The molecule has 0 bridgehead atoms. The molecular weight excluding hydrogens is 345 g/mol. The molecule has 0 fully saturated rings. The fourth-order valence-electron chi connectivity index (χ4n) is 4.15. The monoisotopic (exact) mass is 366 g/mol. The molecule has 0 saturated carbocycles. The Morgan fingerprint density at radius 1 is 0.786 bits per heavy atom. The van der Waals surface area contributed by atoms with Gasteiger partial charge in [0.05, 0.1) is 5.56 Å². The van der Waals surface area contributed by atoms with Gasteiger partial charge in [-0.05, 0) is 46.9 Å². The highest BCUT2D eigenvalue weighted by molar-refractivity contribution is 5.76. The van der Waals surface area contributed by atoms with Gasteiger partial charge in [0.2, 0.25) is 5.69 Å². The zero-order valence-electron chi connectivity index (χ0n) is 15.8. The summed E-state index contributed by atoms with van der Waals surface area (Å²) in [7, 11) is 0. The Morgan fingerprint density at radius 3 is 2.25 bits per heavy atom. The van der Waals surface area contributed by atoms with E-state index in [2.05, 4.69) is 72.3 Å². The summed E-state index contributed by atoms with van der Waals surface area (Å²) < 4.78 is 15.9. The standard InChI is InChI=1S/C26H21FN/c1-2-18-16-28-17-22-14-23(27)12-13-24(22)26(28)15-25(18)21-10-8-20(9-11-21)19-6-4-3-5-7-19/h3-16H,2,17H2,1H3/q+1. The molecule has 0 radical (unpaired) electrons.